The fourth-order valence-electron chi connectivity index (χ4n) is 0.990. The minimum absolute atomic E-state index is 0. The van der Waals surface area contributed by atoms with Crippen LogP contribution in [0.25, 0.3) is 0 Å². The fraction of sp³-hybridized carbons (Fsp3) is 0.300. The molecule has 0 fully saturated rings. The van der Waals surface area contributed by atoms with Crippen molar-refractivity contribution in [2.45, 2.75) is 24.8 Å². The van der Waals surface area contributed by atoms with Crippen LogP contribution in [-0.4, -0.2) is 20.5 Å². The normalized spacial score (nSPS) is 12.6. The number of hydrogen-bond acceptors (Lipinski definition) is 5. The first kappa shape index (κ1) is 16.6. The van der Waals surface area contributed by atoms with Crippen LogP contribution in [0.1, 0.15) is 12.5 Å². The second kappa shape index (κ2) is 6.51. The summed E-state index contributed by atoms with van der Waals surface area (Å²) in [5.41, 5.74) is 0.895. The Kier molecular flexibility index (Phi) is 6.36. The summed E-state index contributed by atoms with van der Waals surface area (Å²) in [5.74, 6) is -1.57. The van der Waals surface area contributed by atoms with Crippen LogP contribution in [0.5, 0.6) is 0 Å². The smallest absolute Gasteiger partial charge is 0.547 e. The van der Waals surface area contributed by atoms with Crippen LogP contribution in [0, 0.1) is 6.92 Å². The van der Waals surface area contributed by atoms with Gasteiger partial charge >= 0.3 is 29.6 Å². The number of carboxylic acid groups (broad SMARTS) is 1. The maximum Gasteiger partial charge on any atom is 1.00 e. The number of carboxylic acids is 1. The summed E-state index contributed by atoms with van der Waals surface area (Å²) in [6.45, 7) is 2.90. The number of benzene rings is 1. The molecule has 0 aliphatic heterocycles. The van der Waals surface area contributed by atoms with Gasteiger partial charge in [0.15, 0.2) is 0 Å². The standard InChI is InChI=1S/C10H12O5S.Na/c1-7-3-5-9(6-4-7)16(13,14)15-8(2)10(11)12;/h3-6,8H,1-2H3,(H,11,12);/q;+1/p-1. The zero-order chi connectivity index (χ0) is 12.3. The zero-order valence-electron chi connectivity index (χ0n) is 9.84. The molecule has 0 amide bonds. The van der Waals surface area contributed by atoms with Crippen LogP contribution < -0.4 is 34.7 Å². The number of carbonyl (C=O) groups excluding carboxylic acids is 1. The molecule has 0 aliphatic rings. The summed E-state index contributed by atoms with van der Waals surface area (Å²) in [6.07, 6.45) is -1.51. The zero-order valence-corrected chi connectivity index (χ0v) is 12.7. The number of aryl methyl sites for hydroxylation is 1. The van der Waals surface area contributed by atoms with Crippen molar-refractivity contribution in [1.82, 2.24) is 0 Å². The second-order valence-corrected chi connectivity index (χ2v) is 4.90. The fourth-order valence-corrected chi connectivity index (χ4v) is 2.03. The molecule has 0 saturated carbocycles. The molecule has 0 N–H and O–H groups in total. The molecule has 0 heterocycles. The monoisotopic (exact) mass is 266 g/mol. The molecule has 88 valence electrons. The Balaban J connectivity index is 0.00000256. The maximum absolute atomic E-state index is 11.5. The quantitative estimate of drug-likeness (QED) is 0.424. The van der Waals surface area contributed by atoms with Crippen molar-refractivity contribution in [3.63, 3.8) is 0 Å². The van der Waals surface area contributed by atoms with E-state index in [0.717, 1.165) is 12.5 Å². The molecule has 7 heteroatoms. The average molecular weight is 266 g/mol. The maximum atomic E-state index is 11.5. The largest absolute Gasteiger partial charge is 1.00 e. The van der Waals surface area contributed by atoms with Crippen molar-refractivity contribution in [2.24, 2.45) is 0 Å². The number of hydrogen-bond donors (Lipinski definition) is 0. The minimum Gasteiger partial charge on any atom is -0.547 e. The molecule has 17 heavy (non-hydrogen) atoms. The third kappa shape index (κ3) is 4.77. The van der Waals surface area contributed by atoms with E-state index in [4.69, 9.17) is 0 Å². The van der Waals surface area contributed by atoms with Gasteiger partial charge < -0.3 is 9.90 Å². The summed E-state index contributed by atoms with van der Waals surface area (Å²) in [5, 5.41) is 10.4. The van der Waals surface area contributed by atoms with Gasteiger partial charge in [-0.1, -0.05) is 17.7 Å². The Labute approximate surface area is 122 Å². The van der Waals surface area contributed by atoms with Crippen LogP contribution in [0.2, 0.25) is 0 Å². The molecule has 0 bridgehead atoms. The summed E-state index contributed by atoms with van der Waals surface area (Å²) >= 11 is 0. The van der Waals surface area contributed by atoms with Gasteiger partial charge in [0.2, 0.25) is 0 Å². The minimum atomic E-state index is -4.04. The van der Waals surface area contributed by atoms with Gasteiger partial charge in [0.1, 0.15) is 6.10 Å². The molecule has 0 spiro atoms. The van der Waals surface area contributed by atoms with E-state index in [0.29, 0.717) is 0 Å². The van der Waals surface area contributed by atoms with E-state index in [9.17, 15) is 18.3 Å². The molecule has 1 aromatic carbocycles. The Morgan fingerprint density at radius 1 is 1.29 bits per heavy atom. The second-order valence-electron chi connectivity index (χ2n) is 3.32. The number of rotatable bonds is 4. The van der Waals surface area contributed by atoms with E-state index in [1.165, 1.54) is 12.1 Å². The van der Waals surface area contributed by atoms with Gasteiger partial charge in [-0.25, -0.2) is 0 Å². The Hall–Kier alpha value is -0.400. The summed E-state index contributed by atoms with van der Waals surface area (Å²) < 4.78 is 27.5. The summed E-state index contributed by atoms with van der Waals surface area (Å²) in [6, 6.07) is 5.90. The molecule has 0 radical (unpaired) electrons. The summed E-state index contributed by atoms with van der Waals surface area (Å²) in [7, 11) is -4.04. The molecule has 0 saturated heterocycles. The van der Waals surface area contributed by atoms with E-state index in [1.54, 1.807) is 19.1 Å². The first-order valence-corrected chi connectivity index (χ1v) is 5.94. The van der Waals surface area contributed by atoms with Crippen LogP contribution in [-0.2, 0) is 19.1 Å². The predicted molar refractivity (Wildman–Crippen MR) is 53.9 cm³/mol. The first-order chi connectivity index (χ1) is 7.33. The van der Waals surface area contributed by atoms with Gasteiger partial charge in [0.05, 0.1) is 10.9 Å². The molecule has 1 atom stereocenters. The Morgan fingerprint density at radius 3 is 2.18 bits per heavy atom. The van der Waals surface area contributed by atoms with E-state index in [-0.39, 0.29) is 34.5 Å². The van der Waals surface area contributed by atoms with Gasteiger partial charge in [-0.05, 0) is 26.0 Å². The van der Waals surface area contributed by atoms with E-state index >= 15 is 0 Å². The molecule has 0 aliphatic carbocycles. The Morgan fingerprint density at radius 2 is 1.76 bits per heavy atom. The van der Waals surface area contributed by atoms with E-state index in [1.807, 2.05) is 0 Å². The third-order valence-corrected chi connectivity index (χ3v) is 3.30. The topological polar surface area (TPSA) is 83.5 Å². The van der Waals surface area contributed by atoms with Crippen LogP contribution in [0.15, 0.2) is 29.2 Å². The van der Waals surface area contributed by atoms with Crippen molar-refractivity contribution in [3.8, 4) is 0 Å². The van der Waals surface area contributed by atoms with Gasteiger partial charge in [0.25, 0.3) is 10.1 Å². The molecule has 1 rings (SSSR count). The molecular formula is C10H11NaO5S. The van der Waals surface area contributed by atoms with Gasteiger partial charge in [-0.15, -0.1) is 0 Å². The molecular weight excluding hydrogens is 255 g/mol. The molecule has 1 unspecified atom stereocenters. The van der Waals surface area contributed by atoms with Crippen LogP contribution in [0.3, 0.4) is 0 Å². The molecule has 1 aromatic rings. The third-order valence-electron chi connectivity index (χ3n) is 1.91. The van der Waals surface area contributed by atoms with Gasteiger partial charge in [-0.2, -0.15) is 8.42 Å². The van der Waals surface area contributed by atoms with Gasteiger partial charge in [0, 0.05) is 0 Å². The predicted octanol–water partition coefficient (Wildman–Crippen LogP) is -3.16. The molecule has 0 aromatic heterocycles. The van der Waals surface area contributed by atoms with Crippen LogP contribution >= 0.6 is 0 Å². The van der Waals surface area contributed by atoms with Crippen molar-refractivity contribution in [1.29, 1.82) is 0 Å². The van der Waals surface area contributed by atoms with Crippen LogP contribution in [0.4, 0.5) is 0 Å². The van der Waals surface area contributed by atoms with Crippen molar-refractivity contribution in [2.75, 3.05) is 0 Å². The van der Waals surface area contributed by atoms with Crippen molar-refractivity contribution in [3.05, 3.63) is 29.8 Å². The average Bonchev–Trinajstić information content (AvgIpc) is 2.17. The molecule has 5 nitrogen and oxygen atoms in total. The first-order valence-electron chi connectivity index (χ1n) is 4.54. The van der Waals surface area contributed by atoms with Crippen molar-refractivity contribution < 1.29 is 52.1 Å². The van der Waals surface area contributed by atoms with E-state index < -0.39 is 22.2 Å². The number of carbonyl (C=O) groups is 1. The summed E-state index contributed by atoms with van der Waals surface area (Å²) in [4.78, 5) is 10.3. The Bertz CT molecular complexity index is 480. The van der Waals surface area contributed by atoms with E-state index in [2.05, 4.69) is 4.18 Å². The van der Waals surface area contributed by atoms with Gasteiger partial charge in [-0.3, -0.25) is 4.18 Å². The van der Waals surface area contributed by atoms with Crippen molar-refractivity contribution >= 4 is 16.1 Å². The number of aliphatic carboxylic acids is 1. The SMILES string of the molecule is Cc1ccc(S(=O)(=O)OC(C)C(=O)[O-])cc1.[Na+].